The van der Waals surface area contributed by atoms with Crippen molar-refractivity contribution in [1.82, 2.24) is 0 Å². The summed E-state index contributed by atoms with van der Waals surface area (Å²) < 4.78 is 23.8. The number of hydrogen-bond acceptors (Lipinski definition) is 3. The van der Waals surface area contributed by atoms with Gasteiger partial charge < -0.3 is 14.6 Å². The second kappa shape index (κ2) is 6.41. The van der Waals surface area contributed by atoms with Crippen molar-refractivity contribution in [2.75, 3.05) is 13.2 Å². The third-order valence-electron chi connectivity index (χ3n) is 2.26. The first kappa shape index (κ1) is 13.6. The first-order chi connectivity index (χ1) is 9.17. The van der Waals surface area contributed by atoms with Crippen LogP contribution >= 0.6 is 11.6 Å². The summed E-state index contributed by atoms with van der Waals surface area (Å²) in [7, 11) is 0. The minimum absolute atomic E-state index is 0.0416. The Bertz CT molecular complexity index is 523. The Labute approximate surface area is 115 Å². The van der Waals surface area contributed by atoms with Gasteiger partial charge in [-0.3, -0.25) is 0 Å². The molecule has 0 aromatic heterocycles. The highest BCUT2D eigenvalue weighted by molar-refractivity contribution is 6.30. The highest BCUT2D eigenvalue weighted by Crippen LogP contribution is 2.27. The predicted octanol–water partition coefficient (Wildman–Crippen LogP) is 3.64. The van der Waals surface area contributed by atoms with E-state index in [4.69, 9.17) is 26.2 Å². The van der Waals surface area contributed by atoms with Crippen LogP contribution in [0.5, 0.6) is 17.2 Å². The summed E-state index contributed by atoms with van der Waals surface area (Å²) in [5.41, 5.74) is 0. The molecule has 2 aromatic carbocycles. The van der Waals surface area contributed by atoms with Gasteiger partial charge in [-0.05, 0) is 36.4 Å². The Kier molecular flexibility index (Phi) is 4.60. The maximum Gasteiger partial charge on any atom is 0.131 e. The van der Waals surface area contributed by atoms with Gasteiger partial charge in [0, 0.05) is 11.1 Å². The van der Waals surface area contributed by atoms with E-state index in [2.05, 4.69) is 0 Å². The maximum atomic E-state index is 13.1. The van der Waals surface area contributed by atoms with Crippen LogP contribution in [0.2, 0.25) is 5.02 Å². The van der Waals surface area contributed by atoms with Gasteiger partial charge in [0.25, 0.3) is 0 Å². The lowest BCUT2D eigenvalue weighted by molar-refractivity contribution is 0.201. The summed E-state index contributed by atoms with van der Waals surface area (Å²) in [6, 6.07) is 10.8. The number of rotatable bonds is 5. The largest absolute Gasteiger partial charge is 0.491 e. The van der Waals surface area contributed by atoms with E-state index in [0.29, 0.717) is 17.2 Å². The highest BCUT2D eigenvalue weighted by Gasteiger charge is 2.02. The summed E-state index contributed by atoms with van der Waals surface area (Å²) in [4.78, 5) is 0. The van der Waals surface area contributed by atoms with Crippen molar-refractivity contribution in [3.63, 3.8) is 0 Å². The predicted molar refractivity (Wildman–Crippen MR) is 70.5 cm³/mol. The normalized spacial score (nSPS) is 10.3. The summed E-state index contributed by atoms with van der Waals surface area (Å²) in [5.74, 6) is 1.04. The van der Waals surface area contributed by atoms with Gasteiger partial charge >= 0.3 is 0 Å². The Hall–Kier alpha value is -1.78. The fourth-order valence-corrected chi connectivity index (χ4v) is 1.70. The molecule has 0 spiro atoms. The Morgan fingerprint density at radius 2 is 1.68 bits per heavy atom. The molecule has 19 heavy (non-hydrogen) atoms. The van der Waals surface area contributed by atoms with Crippen molar-refractivity contribution in [3.05, 3.63) is 53.3 Å². The van der Waals surface area contributed by atoms with Crippen LogP contribution in [-0.2, 0) is 0 Å². The second-order valence-electron chi connectivity index (χ2n) is 3.75. The number of halogens is 2. The SMILES string of the molecule is OCCOc1ccc(Oc2cc(F)cc(Cl)c2)cc1. The van der Waals surface area contributed by atoms with Gasteiger partial charge in [-0.1, -0.05) is 11.6 Å². The van der Waals surface area contributed by atoms with Crippen LogP contribution in [-0.4, -0.2) is 18.3 Å². The van der Waals surface area contributed by atoms with E-state index >= 15 is 0 Å². The minimum Gasteiger partial charge on any atom is -0.491 e. The smallest absolute Gasteiger partial charge is 0.131 e. The molecule has 0 saturated heterocycles. The molecule has 2 rings (SSSR count). The number of aliphatic hydroxyl groups is 1. The number of hydrogen-bond donors (Lipinski definition) is 1. The molecule has 0 saturated carbocycles. The Morgan fingerprint density at radius 1 is 1.00 bits per heavy atom. The number of benzene rings is 2. The van der Waals surface area contributed by atoms with Crippen molar-refractivity contribution in [2.45, 2.75) is 0 Å². The van der Waals surface area contributed by atoms with Crippen LogP contribution in [0.15, 0.2) is 42.5 Å². The van der Waals surface area contributed by atoms with Gasteiger partial charge in [-0.2, -0.15) is 0 Å². The van der Waals surface area contributed by atoms with E-state index in [9.17, 15) is 4.39 Å². The lowest BCUT2D eigenvalue weighted by atomic mass is 10.3. The molecule has 2 aromatic rings. The van der Waals surface area contributed by atoms with Crippen LogP contribution in [0.1, 0.15) is 0 Å². The summed E-state index contributed by atoms with van der Waals surface area (Å²) in [6.45, 7) is 0.194. The molecular weight excluding hydrogens is 271 g/mol. The molecule has 0 amide bonds. The van der Waals surface area contributed by atoms with E-state index < -0.39 is 5.82 Å². The monoisotopic (exact) mass is 282 g/mol. The zero-order valence-electron chi connectivity index (χ0n) is 9.98. The van der Waals surface area contributed by atoms with Crippen LogP contribution in [0.4, 0.5) is 4.39 Å². The standard InChI is InChI=1S/C14H12ClFO3/c15-10-7-11(16)9-14(8-10)19-13-3-1-12(2-4-13)18-6-5-17/h1-4,7-9,17H,5-6H2. The van der Waals surface area contributed by atoms with Gasteiger partial charge in [0.15, 0.2) is 0 Å². The van der Waals surface area contributed by atoms with E-state index in [1.807, 2.05) is 0 Å². The van der Waals surface area contributed by atoms with Crippen LogP contribution in [0.25, 0.3) is 0 Å². The lowest BCUT2D eigenvalue weighted by Gasteiger charge is -2.08. The second-order valence-corrected chi connectivity index (χ2v) is 4.19. The zero-order chi connectivity index (χ0) is 13.7. The van der Waals surface area contributed by atoms with Gasteiger partial charge in [-0.25, -0.2) is 4.39 Å². The number of aliphatic hydroxyl groups excluding tert-OH is 1. The fourth-order valence-electron chi connectivity index (χ4n) is 1.49. The molecule has 0 aliphatic heterocycles. The van der Waals surface area contributed by atoms with Crippen LogP contribution in [0, 0.1) is 5.82 Å². The van der Waals surface area contributed by atoms with Crippen LogP contribution in [0.3, 0.4) is 0 Å². The molecule has 0 atom stereocenters. The Balaban J connectivity index is 2.06. The van der Waals surface area contributed by atoms with Crippen molar-refractivity contribution in [1.29, 1.82) is 0 Å². The third kappa shape index (κ3) is 4.12. The van der Waals surface area contributed by atoms with Crippen molar-refractivity contribution >= 4 is 11.6 Å². The molecule has 0 fully saturated rings. The molecule has 5 heteroatoms. The van der Waals surface area contributed by atoms with Crippen molar-refractivity contribution in [3.8, 4) is 17.2 Å². The molecule has 0 radical (unpaired) electrons. The average Bonchev–Trinajstić information content (AvgIpc) is 2.37. The van der Waals surface area contributed by atoms with Gasteiger partial charge in [-0.15, -0.1) is 0 Å². The van der Waals surface area contributed by atoms with Crippen molar-refractivity contribution < 1.29 is 19.0 Å². The third-order valence-corrected chi connectivity index (χ3v) is 2.47. The molecule has 0 unspecified atom stereocenters. The van der Waals surface area contributed by atoms with Crippen LogP contribution < -0.4 is 9.47 Å². The quantitative estimate of drug-likeness (QED) is 0.910. The van der Waals surface area contributed by atoms with E-state index in [1.165, 1.54) is 18.2 Å². The molecule has 0 aliphatic carbocycles. The summed E-state index contributed by atoms with van der Waals surface area (Å²) in [6.07, 6.45) is 0. The molecule has 1 N–H and O–H groups in total. The first-order valence-corrected chi connectivity index (χ1v) is 6.03. The van der Waals surface area contributed by atoms with Gasteiger partial charge in [0.05, 0.1) is 6.61 Å². The fraction of sp³-hybridized carbons (Fsp3) is 0.143. The maximum absolute atomic E-state index is 13.1. The van der Waals surface area contributed by atoms with Gasteiger partial charge in [0.2, 0.25) is 0 Å². The summed E-state index contributed by atoms with van der Waals surface area (Å²) in [5, 5.41) is 8.91. The number of ether oxygens (including phenoxy) is 2. The average molecular weight is 283 g/mol. The molecule has 3 nitrogen and oxygen atoms in total. The topological polar surface area (TPSA) is 38.7 Å². The highest BCUT2D eigenvalue weighted by atomic mass is 35.5. The van der Waals surface area contributed by atoms with E-state index in [-0.39, 0.29) is 18.2 Å². The Morgan fingerprint density at radius 3 is 2.32 bits per heavy atom. The molecule has 0 bridgehead atoms. The van der Waals surface area contributed by atoms with Gasteiger partial charge in [0.1, 0.15) is 29.7 Å². The summed E-state index contributed by atoms with van der Waals surface area (Å²) >= 11 is 5.74. The molecule has 0 aliphatic rings. The molecular formula is C14H12ClFO3. The van der Waals surface area contributed by atoms with E-state index in [1.54, 1.807) is 24.3 Å². The first-order valence-electron chi connectivity index (χ1n) is 5.65. The molecule has 0 heterocycles. The minimum atomic E-state index is -0.453. The van der Waals surface area contributed by atoms with E-state index in [0.717, 1.165) is 0 Å². The zero-order valence-corrected chi connectivity index (χ0v) is 10.7. The molecule has 100 valence electrons. The van der Waals surface area contributed by atoms with Crippen molar-refractivity contribution in [2.24, 2.45) is 0 Å². The lowest BCUT2D eigenvalue weighted by Crippen LogP contribution is -2.01.